The summed E-state index contributed by atoms with van der Waals surface area (Å²) in [5, 5.41) is 0. The molecule has 3 rings (SSSR count). The van der Waals surface area contributed by atoms with E-state index in [2.05, 4.69) is 9.44 Å². The van der Waals surface area contributed by atoms with Crippen LogP contribution in [0.25, 0.3) is 0 Å². The highest BCUT2D eigenvalue weighted by molar-refractivity contribution is 7.90. The molecule has 2 N–H and O–H groups in total. The van der Waals surface area contributed by atoms with Gasteiger partial charge in [-0.25, -0.2) is 26.3 Å². The van der Waals surface area contributed by atoms with Gasteiger partial charge in [0.1, 0.15) is 5.75 Å². The van der Waals surface area contributed by atoms with E-state index in [4.69, 9.17) is 4.74 Å². The van der Waals surface area contributed by atoms with E-state index in [0.29, 0.717) is 11.3 Å². The van der Waals surface area contributed by atoms with Crippen molar-refractivity contribution in [2.75, 3.05) is 7.11 Å². The predicted molar refractivity (Wildman–Crippen MR) is 111 cm³/mol. The Morgan fingerprint density at radius 3 is 2.07 bits per heavy atom. The first kappa shape index (κ1) is 21.8. The van der Waals surface area contributed by atoms with Crippen molar-refractivity contribution < 1.29 is 21.6 Å². The highest BCUT2D eigenvalue weighted by Gasteiger charge is 2.23. The number of hydrogen-bond acceptors (Lipinski definition) is 5. The average molecular weight is 439 g/mol. The Hall–Kier alpha value is -1.94. The van der Waals surface area contributed by atoms with E-state index in [0.717, 1.165) is 32.1 Å². The summed E-state index contributed by atoms with van der Waals surface area (Å²) in [6.07, 6.45) is 4.83. The first-order valence-electron chi connectivity index (χ1n) is 9.56. The number of rotatable bonds is 8. The number of methoxy groups -OCH3 is 1. The second-order valence-corrected chi connectivity index (χ2v) is 10.5. The van der Waals surface area contributed by atoms with Gasteiger partial charge in [-0.2, -0.15) is 0 Å². The van der Waals surface area contributed by atoms with Crippen LogP contribution in [0.5, 0.6) is 5.75 Å². The summed E-state index contributed by atoms with van der Waals surface area (Å²) in [7, 11) is -5.94. The molecule has 0 aromatic heterocycles. The largest absolute Gasteiger partial charge is 0.496 e. The second-order valence-electron chi connectivity index (χ2n) is 7.06. The summed E-state index contributed by atoms with van der Waals surface area (Å²) < 4.78 is 60.7. The minimum atomic E-state index is -3.79. The van der Waals surface area contributed by atoms with Crippen LogP contribution in [-0.2, 0) is 26.6 Å². The van der Waals surface area contributed by atoms with Crippen molar-refractivity contribution in [1.82, 2.24) is 9.44 Å². The highest BCUT2D eigenvalue weighted by atomic mass is 32.2. The molecule has 1 aliphatic carbocycles. The molecule has 9 heteroatoms. The zero-order chi connectivity index (χ0) is 20.9. The minimum absolute atomic E-state index is 0.00372. The van der Waals surface area contributed by atoms with Gasteiger partial charge in [-0.1, -0.05) is 37.5 Å². The van der Waals surface area contributed by atoms with Crippen LogP contribution >= 0.6 is 0 Å². The molecule has 2 aromatic rings. The Kier molecular flexibility index (Phi) is 6.94. The fourth-order valence-corrected chi connectivity index (χ4v) is 5.72. The Balaban J connectivity index is 1.69. The maximum atomic E-state index is 12.6. The summed E-state index contributed by atoms with van der Waals surface area (Å²) >= 11 is 0. The zero-order valence-corrected chi connectivity index (χ0v) is 17.9. The fourth-order valence-electron chi connectivity index (χ4n) is 3.41. The summed E-state index contributed by atoms with van der Waals surface area (Å²) in [6.45, 7) is 0.0651. The van der Waals surface area contributed by atoms with Crippen molar-refractivity contribution in [3.63, 3.8) is 0 Å². The van der Waals surface area contributed by atoms with E-state index in [-0.39, 0.29) is 22.4 Å². The van der Waals surface area contributed by atoms with E-state index in [1.807, 2.05) is 0 Å². The maximum Gasteiger partial charge on any atom is 0.240 e. The topological polar surface area (TPSA) is 102 Å². The lowest BCUT2D eigenvalue weighted by molar-refractivity contribution is 0.409. The van der Waals surface area contributed by atoms with E-state index in [9.17, 15) is 16.8 Å². The third-order valence-electron chi connectivity index (χ3n) is 5.02. The molecule has 0 atom stereocenters. The molecule has 7 nitrogen and oxygen atoms in total. The minimum Gasteiger partial charge on any atom is -0.496 e. The molecule has 0 saturated heterocycles. The molecule has 2 aromatic carbocycles. The molecule has 0 spiro atoms. The Morgan fingerprint density at radius 1 is 0.862 bits per heavy atom. The molecule has 0 unspecified atom stereocenters. The molecule has 0 amide bonds. The Morgan fingerprint density at radius 2 is 1.45 bits per heavy atom. The normalized spacial score (nSPS) is 15.9. The number of para-hydroxylation sites is 1. The Labute approximate surface area is 172 Å². The van der Waals surface area contributed by atoms with Crippen LogP contribution in [-0.4, -0.2) is 30.0 Å². The van der Waals surface area contributed by atoms with Gasteiger partial charge in [0.15, 0.2) is 0 Å². The summed E-state index contributed by atoms with van der Waals surface area (Å²) in [4.78, 5) is 0.0655. The summed E-state index contributed by atoms with van der Waals surface area (Å²) in [5.74, 6) is 0.588. The first-order chi connectivity index (χ1) is 13.8. The summed E-state index contributed by atoms with van der Waals surface area (Å²) in [5.41, 5.74) is 0.703. The van der Waals surface area contributed by atoms with Crippen molar-refractivity contribution in [1.29, 1.82) is 0 Å². The maximum absolute atomic E-state index is 12.6. The second kappa shape index (κ2) is 9.25. The van der Waals surface area contributed by atoms with Gasteiger partial charge in [0, 0.05) is 18.2 Å². The van der Waals surface area contributed by atoms with Gasteiger partial charge >= 0.3 is 0 Å². The van der Waals surface area contributed by atoms with Crippen LogP contribution < -0.4 is 14.2 Å². The molecule has 29 heavy (non-hydrogen) atoms. The van der Waals surface area contributed by atoms with Gasteiger partial charge < -0.3 is 4.74 Å². The number of benzene rings is 2. The number of ether oxygens (including phenoxy) is 1. The van der Waals surface area contributed by atoms with Crippen LogP contribution in [0.3, 0.4) is 0 Å². The van der Waals surface area contributed by atoms with Gasteiger partial charge in [-0.15, -0.1) is 0 Å². The van der Waals surface area contributed by atoms with Crippen molar-refractivity contribution >= 4 is 20.0 Å². The molecule has 0 bridgehead atoms. The molecule has 0 radical (unpaired) electrons. The first-order valence-corrected chi connectivity index (χ1v) is 12.5. The predicted octanol–water partition coefficient (Wildman–Crippen LogP) is 2.78. The van der Waals surface area contributed by atoms with Crippen LogP contribution in [0.1, 0.15) is 37.7 Å². The van der Waals surface area contributed by atoms with E-state index >= 15 is 0 Å². The Bertz CT molecular complexity index is 1030. The summed E-state index contributed by atoms with van der Waals surface area (Å²) in [6, 6.07) is 12.3. The highest BCUT2D eigenvalue weighted by Crippen LogP contribution is 2.21. The van der Waals surface area contributed by atoms with Gasteiger partial charge in [-0.05, 0) is 43.2 Å². The van der Waals surface area contributed by atoms with E-state index in [1.165, 1.54) is 31.4 Å². The SMILES string of the molecule is COc1ccccc1CNS(=O)(=O)c1ccc(S(=O)(=O)NC2CCCCC2)cc1. The third-order valence-corrected chi connectivity index (χ3v) is 7.97. The van der Waals surface area contributed by atoms with Gasteiger partial charge in [0.25, 0.3) is 0 Å². The molecule has 0 aliphatic heterocycles. The molecular weight excluding hydrogens is 412 g/mol. The number of sulfonamides is 2. The molecule has 158 valence electrons. The molecule has 0 heterocycles. The lowest BCUT2D eigenvalue weighted by Gasteiger charge is -2.22. The molecular formula is C20H26N2O5S2. The van der Waals surface area contributed by atoms with Crippen molar-refractivity contribution in [3.05, 3.63) is 54.1 Å². The monoisotopic (exact) mass is 438 g/mol. The van der Waals surface area contributed by atoms with Crippen molar-refractivity contribution in [2.45, 2.75) is 54.5 Å². The van der Waals surface area contributed by atoms with E-state index < -0.39 is 20.0 Å². The lowest BCUT2D eigenvalue weighted by Crippen LogP contribution is -2.36. The smallest absolute Gasteiger partial charge is 0.240 e. The van der Waals surface area contributed by atoms with Gasteiger partial charge in [0.2, 0.25) is 20.0 Å². The molecule has 1 fully saturated rings. The average Bonchev–Trinajstić information content (AvgIpc) is 2.73. The lowest BCUT2D eigenvalue weighted by atomic mass is 9.96. The van der Waals surface area contributed by atoms with Gasteiger partial charge in [0.05, 0.1) is 16.9 Å². The molecule has 1 aliphatic rings. The number of nitrogens with one attached hydrogen (secondary N) is 2. The quantitative estimate of drug-likeness (QED) is 0.660. The van der Waals surface area contributed by atoms with Crippen molar-refractivity contribution in [3.8, 4) is 5.75 Å². The van der Waals surface area contributed by atoms with Crippen LogP contribution in [0.15, 0.2) is 58.3 Å². The number of hydrogen-bond donors (Lipinski definition) is 2. The molecule has 1 saturated carbocycles. The zero-order valence-electron chi connectivity index (χ0n) is 16.3. The van der Waals surface area contributed by atoms with Crippen molar-refractivity contribution in [2.24, 2.45) is 0 Å². The van der Waals surface area contributed by atoms with Gasteiger partial charge in [-0.3, -0.25) is 0 Å². The third kappa shape index (κ3) is 5.57. The van der Waals surface area contributed by atoms with Crippen LogP contribution in [0, 0.1) is 0 Å². The standard InChI is InChI=1S/C20H26N2O5S2/c1-27-20-10-6-5-7-16(20)15-21-28(23,24)18-11-13-19(14-12-18)29(25,26)22-17-8-3-2-4-9-17/h5-7,10-14,17,21-22H,2-4,8-9,15H2,1H3. The van der Waals surface area contributed by atoms with E-state index in [1.54, 1.807) is 24.3 Å². The van der Waals surface area contributed by atoms with Crippen LogP contribution in [0.2, 0.25) is 0 Å². The fraction of sp³-hybridized carbons (Fsp3) is 0.400. The van der Waals surface area contributed by atoms with Crippen LogP contribution in [0.4, 0.5) is 0 Å².